The van der Waals surface area contributed by atoms with Crippen molar-refractivity contribution in [3.8, 4) is 0 Å². The number of ether oxygens (including phenoxy) is 1. The van der Waals surface area contributed by atoms with E-state index >= 15 is 0 Å². The number of nitrogens with zero attached hydrogens (tertiary/aromatic N) is 2. The SMILES string of the molecule is O=C(OCc1ccccc1[N+](=O)[O-])N(C(C(F)(F)F)(C(F)(F)F)C(F)(F)F)C(C(F)(F)F)(C(F)(F)F)C(F)(F)F. The summed E-state index contributed by atoms with van der Waals surface area (Å²) in [4.78, 5) is 16.9. The third-order valence-electron chi connectivity index (χ3n) is 4.85. The van der Waals surface area contributed by atoms with Crippen LogP contribution in [0.2, 0.25) is 0 Å². The summed E-state index contributed by atoms with van der Waals surface area (Å²) >= 11 is 0. The Balaban J connectivity index is 4.42. The van der Waals surface area contributed by atoms with Crippen LogP contribution in [0.25, 0.3) is 0 Å². The fourth-order valence-corrected chi connectivity index (χ4v) is 3.27. The van der Waals surface area contributed by atoms with Crippen molar-refractivity contribution in [1.29, 1.82) is 0 Å². The number of nitro groups is 1. The van der Waals surface area contributed by atoms with E-state index in [0.717, 1.165) is 6.07 Å². The maximum atomic E-state index is 13.5. The highest BCUT2D eigenvalue weighted by molar-refractivity contribution is 5.72. The minimum Gasteiger partial charge on any atom is -0.444 e. The van der Waals surface area contributed by atoms with Crippen molar-refractivity contribution in [1.82, 2.24) is 4.90 Å². The lowest BCUT2D eigenvalue weighted by atomic mass is 9.84. The van der Waals surface area contributed by atoms with Gasteiger partial charge in [0.2, 0.25) is 0 Å². The quantitative estimate of drug-likeness (QED) is 0.193. The smallest absolute Gasteiger partial charge is 0.430 e. The third-order valence-corrected chi connectivity index (χ3v) is 4.85. The number of carbonyl (C=O) groups is 1. The highest BCUT2D eigenvalue weighted by Gasteiger charge is 2.98. The molecule has 0 bridgehead atoms. The van der Waals surface area contributed by atoms with Gasteiger partial charge < -0.3 is 4.74 Å². The van der Waals surface area contributed by atoms with Crippen LogP contribution in [0.3, 0.4) is 0 Å². The molecule has 0 heterocycles. The molecule has 1 amide bonds. The zero-order valence-corrected chi connectivity index (χ0v) is 17.8. The Kier molecular flexibility index (Phi) is 8.60. The van der Waals surface area contributed by atoms with Crippen LogP contribution in [-0.2, 0) is 11.3 Å². The van der Waals surface area contributed by atoms with Crippen molar-refractivity contribution in [2.75, 3.05) is 0 Å². The first kappa shape index (κ1) is 34.7. The molecule has 0 spiro atoms. The highest BCUT2D eigenvalue weighted by Crippen LogP contribution is 2.65. The number of para-hydroxylation sites is 1. The first-order valence-corrected chi connectivity index (χ1v) is 9.04. The number of hydrogen-bond acceptors (Lipinski definition) is 4. The minimum atomic E-state index is -8.90. The molecule has 1 rings (SSSR count). The fourth-order valence-electron chi connectivity index (χ4n) is 3.27. The van der Waals surface area contributed by atoms with E-state index in [9.17, 15) is 93.9 Å². The number of alkyl halides is 18. The number of rotatable bonds is 5. The molecule has 0 aliphatic heterocycles. The molecule has 230 valence electrons. The molecule has 0 radical (unpaired) electrons. The molecular weight excluding hydrogens is 626 g/mol. The lowest BCUT2D eigenvalue weighted by Crippen LogP contribution is -2.87. The van der Waals surface area contributed by atoms with Crippen LogP contribution in [0.15, 0.2) is 24.3 Å². The highest BCUT2D eigenvalue weighted by atomic mass is 19.4. The Hall–Kier alpha value is -3.37. The average Bonchev–Trinajstić information content (AvgIpc) is 2.65. The second-order valence-electron chi connectivity index (χ2n) is 7.18. The van der Waals surface area contributed by atoms with E-state index in [1.165, 1.54) is 0 Å². The lowest BCUT2D eigenvalue weighted by molar-refractivity contribution is -0.481. The van der Waals surface area contributed by atoms with Gasteiger partial charge >= 0.3 is 54.2 Å². The first-order chi connectivity index (χ1) is 17.4. The van der Waals surface area contributed by atoms with Crippen LogP contribution in [0.1, 0.15) is 5.56 Å². The summed E-state index contributed by atoms with van der Waals surface area (Å²) in [5, 5.41) is 10.9. The van der Waals surface area contributed by atoms with Crippen molar-refractivity contribution in [2.45, 2.75) is 54.7 Å². The molecule has 0 aliphatic carbocycles. The number of hydrogen-bond donors (Lipinski definition) is 0. The summed E-state index contributed by atoms with van der Waals surface area (Å²) in [6, 6.07) is 2.09. The average molecular weight is 632 g/mol. The van der Waals surface area contributed by atoms with E-state index in [0.29, 0.717) is 18.2 Å². The molecule has 6 nitrogen and oxygen atoms in total. The standard InChI is InChI=1S/C16H6F18N2O4/c17-11(18,19)9(12(20,21)22,13(23,24)25)35(10(14(26,27)28,15(29,30)31)16(32,33)34)8(37)40-5-6-3-1-2-4-7(6)36(38)39/h1-4H,5H2. The van der Waals surface area contributed by atoms with Crippen LogP contribution >= 0.6 is 0 Å². The summed E-state index contributed by atoms with van der Waals surface area (Å²) in [7, 11) is 0. The number of amides is 1. The maximum Gasteiger partial charge on any atom is 0.430 e. The normalized spacial score (nSPS) is 14.7. The van der Waals surface area contributed by atoms with Crippen molar-refractivity contribution < 1.29 is 93.5 Å². The Morgan fingerprint density at radius 1 is 0.650 bits per heavy atom. The summed E-state index contributed by atoms with van der Waals surface area (Å²) in [5.74, 6) is 0. The van der Waals surface area contributed by atoms with E-state index in [1.54, 1.807) is 0 Å². The van der Waals surface area contributed by atoms with Crippen LogP contribution in [0.4, 0.5) is 89.5 Å². The molecule has 24 heteroatoms. The molecule has 0 aliphatic rings. The molecule has 40 heavy (non-hydrogen) atoms. The van der Waals surface area contributed by atoms with E-state index in [-0.39, 0.29) is 0 Å². The van der Waals surface area contributed by atoms with Gasteiger partial charge in [-0.3, -0.25) is 10.1 Å². The van der Waals surface area contributed by atoms with Gasteiger partial charge in [-0.25, -0.2) is 9.69 Å². The zero-order valence-electron chi connectivity index (χ0n) is 17.8. The molecule has 0 atom stereocenters. The number of halogens is 18. The van der Waals surface area contributed by atoms with Crippen molar-refractivity contribution in [3.63, 3.8) is 0 Å². The lowest BCUT2D eigenvalue weighted by Gasteiger charge is -2.53. The van der Waals surface area contributed by atoms with E-state index in [4.69, 9.17) is 0 Å². The maximum absolute atomic E-state index is 13.5. The third kappa shape index (κ3) is 5.22. The van der Waals surface area contributed by atoms with Crippen LogP contribution in [0, 0.1) is 10.1 Å². The van der Waals surface area contributed by atoms with E-state index < -0.39 is 81.9 Å². The van der Waals surface area contributed by atoms with Crippen molar-refractivity contribution in [3.05, 3.63) is 39.9 Å². The first-order valence-electron chi connectivity index (χ1n) is 9.04. The van der Waals surface area contributed by atoms with E-state index in [2.05, 4.69) is 4.74 Å². The minimum absolute atomic E-state index is 0.324. The second kappa shape index (κ2) is 9.92. The van der Waals surface area contributed by atoms with Gasteiger partial charge in [-0.15, -0.1) is 0 Å². The summed E-state index contributed by atoms with van der Waals surface area (Å²) in [5.41, 5.74) is -20.5. The summed E-state index contributed by atoms with van der Waals surface area (Å²) in [6.45, 7) is -2.39. The Labute approximate surface area is 206 Å². The van der Waals surface area contributed by atoms with Crippen LogP contribution in [0.5, 0.6) is 0 Å². The summed E-state index contributed by atoms with van der Waals surface area (Å²) in [6.07, 6.45) is -56.6. The zero-order chi connectivity index (χ0) is 32.1. The molecule has 1 aromatic carbocycles. The van der Waals surface area contributed by atoms with Crippen LogP contribution < -0.4 is 0 Å². The Morgan fingerprint density at radius 3 is 1.23 bits per heavy atom. The molecule has 0 aromatic heterocycles. The van der Waals surface area contributed by atoms with Crippen LogP contribution in [-0.4, -0.2) is 64.1 Å². The molecule has 1 aromatic rings. The van der Waals surface area contributed by atoms with Gasteiger partial charge in [-0.05, 0) is 6.07 Å². The molecular formula is C16H6F18N2O4. The fraction of sp³-hybridized carbons (Fsp3) is 0.562. The Bertz CT molecular complexity index is 974. The topological polar surface area (TPSA) is 72.7 Å². The molecule has 0 N–H and O–H groups in total. The van der Waals surface area contributed by atoms with Gasteiger partial charge in [-0.1, -0.05) is 12.1 Å². The largest absolute Gasteiger partial charge is 0.444 e. The monoisotopic (exact) mass is 632 g/mol. The van der Waals surface area contributed by atoms with Gasteiger partial charge in [-0.2, -0.15) is 79.0 Å². The van der Waals surface area contributed by atoms with Crippen molar-refractivity contribution in [2.24, 2.45) is 0 Å². The van der Waals surface area contributed by atoms with Gasteiger partial charge in [0.05, 0.1) is 10.5 Å². The van der Waals surface area contributed by atoms with Gasteiger partial charge in [0.15, 0.2) is 0 Å². The number of carbonyl (C=O) groups excluding carboxylic acids is 1. The number of benzene rings is 1. The van der Waals surface area contributed by atoms with Crippen molar-refractivity contribution >= 4 is 11.8 Å². The van der Waals surface area contributed by atoms with E-state index in [1.807, 2.05) is 0 Å². The van der Waals surface area contributed by atoms with Gasteiger partial charge in [0, 0.05) is 6.07 Å². The van der Waals surface area contributed by atoms with Gasteiger partial charge in [0.25, 0.3) is 5.69 Å². The number of nitro benzene ring substituents is 1. The Morgan fingerprint density at radius 2 is 0.950 bits per heavy atom. The second-order valence-corrected chi connectivity index (χ2v) is 7.18. The predicted octanol–water partition coefficient (Wildman–Crippen LogP) is 7.38. The summed E-state index contributed by atoms with van der Waals surface area (Å²) < 4.78 is 247. The molecule has 0 saturated carbocycles. The molecule has 0 fully saturated rings. The molecule has 0 saturated heterocycles. The predicted molar refractivity (Wildman–Crippen MR) is 86.9 cm³/mol. The van der Waals surface area contributed by atoms with Gasteiger partial charge in [0.1, 0.15) is 6.61 Å². The molecule has 0 unspecified atom stereocenters.